The molecule has 0 radical (unpaired) electrons. The predicted octanol–water partition coefficient (Wildman–Crippen LogP) is -1.44. The van der Waals surface area contributed by atoms with E-state index in [4.69, 9.17) is 10.2 Å². The van der Waals surface area contributed by atoms with E-state index >= 15 is 0 Å². The number of β-amino-alcohol motifs (C(OH)–C–C–N with tert-alkyl or cyclic N) is 1. The Labute approximate surface area is 48.3 Å². The van der Waals surface area contributed by atoms with Gasteiger partial charge in [-0.25, -0.2) is 0 Å². The van der Waals surface area contributed by atoms with E-state index in [1.807, 2.05) is 0 Å². The molecule has 1 fully saturated rings. The highest BCUT2D eigenvalue weighted by Gasteiger charge is 2.23. The number of nitrogens with one attached hydrogen (secondary N) is 1. The Morgan fingerprint density at radius 2 is 2.25 bits per heavy atom. The molecule has 1 aliphatic rings. The molecule has 0 aromatic rings. The number of aliphatic hydroxyl groups excluding tert-OH is 2. The van der Waals surface area contributed by atoms with Crippen molar-refractivity contribution in [2.75, 3.05) is 19.7 Å². The smallest absolute Gasteiger partial charge is 0.0726 e. The summed E-state index contributed by atoms with van der Waals surface area (Å²) < 4.78 is 0. The lowest BCUT2D eigenvalue weighted by Crippen LogP contribution is -2.20. The third-order valence-corrected chi connectivity index (χ3v) is 1.54. The highest BCUT2D eigenvalue weighted by atomic mass is 16.3. The Balaban J connectivity index is 2.30. The molecule has 0 saturated carbocycles. The molecule has 1 heterocycles. The Kier molecular flexibility index (Phi) is 1.83. The van der Waals surface area contributed by atoms with Gasteiger partial charge in [0.1, 0.15) is 0 Å². The van der Waals surface area contributed by atoms with Gasteiger partial charge in [0.25, 0.3) is 0 Å². The molecule has 1 aliphatic heterocycles. The second kappa shape index (κ2) is 2.44. The van der Waals surface area contributed by atoms with Crippen molar-refractivity contribution in [3.63, 3.8) is 0 Å². The first-order valence-corrected chi connectivity index (χ1v) is 2.84. The van der Waals surface area contributed by atoms with Gasteiger partial charge < -0.3 is 15.5 Å². The lowest BCUT2D eigenvalue weighted by Gasteiger charge is -2.06. The number of aliphatic hydroxyl groups is 2. The normalized spacial score (nSPS) is 38.2. The predicted molar refractivity (Wildman–Crippen MR) is 29.5 cm³/mol. The van der Waals surface area contributed by atoms with Crippen molar-refractivity contribution in [1.29, 1.82) is 0 Å². The van der Waals surface area contributed by atoms with Gasteiger partial charge >= 0.3 is 0 Å². The molecule has 0 amide bonds. The van der Waals surface area contributed by atoms with Gasteiger partial charge in [-0.15, -0.1) is 0 Å². The summed E-state index contributed by atoms with van der Waals surface area (Å²) in [7, 11) is 0. The number of hydrogen-bond donors (Lipinski definition) is 3. The molecule has 1 saturated heterocycles. The molecule has 0 aromatic heterocycles. The summed E-state index contributed by atoms with van der Waals surface area (Å²) in [6, 6.07) is 0. The van der Waals surface area contributed by atoms with Crippen molar-refractivity contribution < 1.29 is 10.2 Å². The fourth-order valence-electron chi connectivity index (χ4n) is 0.906. The van der Waals surface area contributed by atoms with Crippen LogP contribution < -0.4 is 5.32 Å². The van der Waals surface area contributed by atoms with Gasteiger partial charge in [0.2, 0.25) is 0 Å². The van der Waals surface area contributed by atoms with E-state index in [1.54, 1.807) is 0 Å². The quantitative estimate of drug-likeness (QED) is 0.394. The van der Waals surface area contributed by atoms with E-state index < -0.39 is 0 Å². The monoisotopic (exact) mass is 117 g/mol. The highest BCUT2D eigenvalue weighted by molar-refractivity contribution is 4.79. The first kappa shape index (κ1) is 6.01. The molecule has 0 bridgehead atoms. The van der Waals surface area contributed by atoms with Crippen LogP contribution in [-0.4, -0.2) is 36.0 Å². The van der Waals surface area contributed by atoms with Gasteiger partial charge in [-0.3, -0.25) is 0 Å². The van der Waals surface area contributed by atoms with Crippen LogP contribution in [0.4, 0.5) is 0 Å². The van der Waals surface area contributed by atoms with Crippen molar-refractivity contribution in [2.45, 2.75) is 6.10 Å². The minimum atomic E-state index is -0.333. The average Bonchev–Trinajstić information content (AvgIpc) is 2.14. The maximum Gasteiger partial charge on any atom is 0.0726 e. The summed E-state index contributed by atoms with van der Waals surface area (Å²) in [5, 5.41) is 20.5. The van der Waals surface area contributed by atoms with E-state index in [2.05, 4.69) is 5.32 Å². The van der Waals surface area contributed by atoms with E-state index in [0.29, 0.717) is 6.54 Å². The summed E-state index contributed by atoms with van der Waals surface area (Å²) in [5.74, 6) is 0.0648. The van der Waals surface area contributed by atoms with Crippen LogP contribution in [0.3, 0.4) is 0 Å². The molecule has 2 unspecified atom stereocenters. The van der Waals surface area contributed by atoms with Gasteiger partial charge in [-0.1, -0.05) is 0 Å². The summed E-state index contributed by atoms with van der Waals surface area (Å²) in [5.41, 5.74) is 0. The molecular weight excluding hydrogens is 106 g/mol. The van der Waals surface area contributed by atoms with Crippen LogP contribution in [0, 0.1) is 5.92 Å². The van der Waals surface area contributed by atoms with Crippen LogP contribution in [0.1, 0.15) is 0 Å². The molecular formula is C5H11NO2. The van der Waals surface area contributed by atoms with E-state index in [0.717, 1.165) is 6.54 Å². The van der Waals surface area contributed by atoms with Crippen molar-refractivity contribution in [1.82, 2.24) is 5.32 Å². The van der Waals surface area contributed by atoms with Gasteiger partial charge in [-0.2, -0.15) is 0 Å². The Morgan fingerprint density at radius 1 is 1.50 bits per heavy atom. The maximum atomic E-state index is 8.97. The van der Waals surface area contributed by atoms with Crippen LogP contribution in [0.2, 0.25) is 0 Å². The lowest BCUT2D eigenvalue weighted by atomic mass is 10.1. The van der Waals surface area contributed by atoms with E-state index in [1.165, 1.54) is 0 Å². The summed E-state index contributed by atoms with van der Waals surface area (Å²) >= 11 is 0. The second-order valence-corrected chi connectivity index (χ2v) is 2.17. The molecule has 0 aromatic carbocycles. The SMILES string of the molecule is OCC1CNCC1O. The standard InChI is InChI=1S/C5H11NO2/c7-3-4-1-6-2-5(4)8/h4-8H,1-3H2. The first-order chi connectivity index (χ1) is 3.84. The van der Waals surface area contributed by atoms with Crippen molar-refractivity contribution in [2.24, 2.45) is 5.92 Å². The fourth-order valence-corrected chi connectivity index (χ4v) is 0.906. The zero-order chi connectivity index (χ0) is 5.98. The van der Waals surface area contributed by atoms with Gasteiger partial charge in [-0.05, 0) is 0 Å². The van der Waals surface area contributed by atoms with Crippen LogP contribution in [0.15, 0.2) is 0 Å². The molecule has 2 atom stereocenters. The molecule has 0 aliphatic carbocycles. The molecule has 3 N–H and O–H groups in total. The zero-order valence-electron chi connectivity index (χ0n) is 4.67. The number of hydrogen-bond acceptors (Lipinski definition) is 3. The van der Waals surface area contributed by atoms with Gasteiger partial charge in [0.05, 0.1) is 6.10 Å². The maximum absolute atomic E-state index is 8.97. The number of rotatable bonds is 1. The van der Waals surface area contributed by atoms with E-state index in [-0.39, 0.29) is 18.6 Å². The summed E-state index contributed by atoms with van der Waals surface area (Å²) in [6.07, 6.45) is -0.333. The van der Waals surface area contributed by atoms with Crippen LogP contribution in [0.5, 0.6) is 0 Å². The average molecular weight is 117 g/mol. The van der Waals surface area contributed by atoms with Crippen molar-refractivity contribution in [3.05, 3.63) is 0 Å². The minimum Gasteiger partial charge on any atom is -0.396 e. The Morgan fingerprint density at radius 3 is 2.50 bits per heavy atom. The van der Waals surface area contributed by atoms with E-state index in [9.17, 15) is 0 Å². The van der Waals surface area contributed by atoms with Crippen molar-refractivity contribution in [3.8, 4) is 0 Å². The van der Waals surface area contributed by atoms with Crippen LogP contribution >= 0.6 is 0 Å². The largest absolute Gasteiger partial charge is 0.396 e. The lowest BCUT2D eigenvalue weighted by molar-refractivity contribution is 0.104. The third-order valence-electron chi connectivity index (χ3n) is 1.54. The fraction of sp³-hybridized carbons (Fsp3) is 1.00. The van der Waals surface area contributed by atoms with Crippen LogP contribution in [-0.2, 0) is 0 Å². The van der Waals surface area contributed by atoms with Crippen molar-refractivity contribution >= 4 is 0 Å². The molecule has 1 rings (SSSR count). The first-order valence-electron chi connectivity index (χ1n) is 2.84. The minimum absolute atomic E-state index is 0.0648. The van der Waals surface area contributed by atoms with Gasteiger partial charge in [0, 0.05) is 25.6 Å². The molecule has 48 valence electrons. The Hall–Kier alpha value is -0.120. The summed E-state index contributed by atoms with van der Waals surface area (Å²) in [6.45, 7) is 1.47. The molecule has 3 heteroatoms. The van der Waals surface area contributed by atoms with Gasteiger partial charge in [0.15, 0.2) is 0 Å². The molecule has 8 heavy (non-hydrogen) atoms. The highest BCUT2D eigenvalue weighted by Crippen LogP contribution is 2.05. The topological polar surface area (TPSA) is 52.5 Å². The third kappa shape index (κ3) is 0.992. The Bertz CT molecular complexity index is 76.8. The van der Waals surface area contributed by atoms with Crippen LogP contribution in [0.25, 0.3) is 0 Å². The zero-order valence-corrected chi connectivity index (χ0v) is 4.67. The molecule has 3 nitrogen and oxygen atoms in total. The second-order valence-electron chi connectivity index (χ2n) is 2.17. The summed E-state index contributed by atoms with van der Waals surface area (Å²) in [4.78, 5) is 0. The molecule has 0 spiro atoms.